The van der Waals surface area contributed by atoms with Crippen LogP contribution >= 0.6 is 0 Å². The van der Waals surface area contributed by atoms with Gasteiger partial charge in [-0.2, -0.15) is 0 Å². The first-order chi connectivity index (χ1) is 9.65. The van der Waals surface area contributed by atoms with E-state index in [-0.39, 0.29) is 6.42 Å². The molecule has 0 unspecified atom stereocenters. The summed E-state index contributed by atoms with van der Waals surface area (Å²) in [5, 5.41) is 8.98. The van der Waals surface area contributed by atoms with Crippen LogP contribution in [0.25, 0.3) is 11.1 Å². The average molecular weight is 272 g/mol. The molecule has 0 saturated carbocycles. The Balaban J connectivity index is 2.48. The Bertz CT molecular complexity index is 620. The minimum absolute atomic E-state index is 0.00941. The van der Waals surface area contributed by atoms with Gasteiger partial charge in [0.05, 0.1) is 20.6 Å². The molecule has 2 rings (SSSR count). The van der Waals surface area contributed by atoms with Crippen molar-refractivity contribution in [2.24, 2.45) is 0 Å². The molecule has 0 atom stereocenters. The summed E-state index contributed by atoms with van der Waals surface area (Å²) in [5.41, 5.74) is 2.56. The smallest absolute Gasteiger partial charge is 0.307 e. The Kier molecular flexibility index (Phi) is 4.25. The summed E-state index contributed by atoms with van der Waals surface area (Å²) >= 11 is 0. The SMILES string of the molecule is COc1ccc(-c2ccccc2CC(=O)O)cc1OC. The Labute approximate surface area is 117 Å². The summed E-state index contributed by atoms with van der Waals surface area (Å²) in [6, 6.07) is 13.0. The number of carbonyl (C=O) groups is 1. The fourth-order valence-electron chi connectivity index (χ4n) is 2.12. The van der Waals surface area contributed by atoms with Crippen molar-refractivity contribution in [1.82, 2.24) is 0 Å². The molecule has 2 aromatic carbocycles. The predicted molar refractivity (Wildman–Crippen MR) is 76.3 cm³/mol. The van der Waals surface area contributed by atoms with Crippen LogP contribution in [0.3, 0.4) is 0 Å². The maximum absolute atomic E-state index is 10.9. The third kappa shape index (κ3) is 2.91. The second-order valence-corrected chi connectivity index (χ2v) is 4.30. The Morgan fingerprint density at radius 2 is 1.75 bits per heavy atom. The van der Waals surface area contributed by atoms with E-state index >= 15 is 0 Å². The largest absolute Gasteiger partial charge is 0.493 e. The van der Waals surface area contributed by atoms with E-state index in [0.29, 0.717) is 11.5 Å². The number of carboxylic acids is 1. The van der Waals surface area contributed by atoms with Crippen molar-refractivity contribution in [1.29, 1.82) is 0 Å². The molecule has 0 aliphatic carbocycles. The van der Waals surface area contributed by atoms with Crippen molar-refractivity contribution in [3.63, 3.8) is 0 Å². The van der Waals surface area contributed by atoms with Crippen LogP contribution in [0.15, 0.2) is 42.5 Å². The molecular formula is C16H16O4. The van der Waals surface area contributed by atoms with Crippen LogP contribution in [0.2, 0.25) is 0 Å². The van der Waals surface area contributed by atoms with Gasteiger partial charge in [0.2, 0.25) is 0 Å². The van der Waals surface area contributed by atoms with E-state index in [0.717, 1.165) is 16.7 Å². The van der Waals surface area contributed by atoms with Crippen LogP contribution in [0, 0.1) is 0 Å². The highest BCUT2D eigenvalue weighted by Crippen LogP contribution is 2.33. The molecule has 0 bridgehead atoms. The van der Waals surface area contributed by atoms with Gasteiger partial charge in [-0.25, -0.2) is 0 Å². The Morgan fingerprint density at radius 3 is 2.40 bits per heavy atom. The van der Waals surface area contributed by atoms with Crippen LogP contribution in [-0.2, 0) is 11.2 Å². The molecule has 0 spiro atoms. The summed E-state index contributed by atoms with van der Waals surface area (Å²) in [6.45, 7) is 0. The minimum atomic E-state index is -0.849. The Morgan fingerprint density at radius 1 is 1.05 bits per heavy atom. The lowest BCUT2D eigenvalue weighted by Gasteiger charge is -2.12. The van der Waals surface area contributed by atoms with Crippen LogP contribution in [-0.4, -0.2) is 25.3 Å². The first-order valence-corrected chi connectivity index (χ1v) is 6.17. The number of benzene rings is 2. The van der Waals surface area contributed by atoms with Crippen molar-refractivity contribution in [3.05, 3.63) is 48.0 Å². The number of ether oxygens (including phenoxy) is 2. The molecule has 0 fully saturated rings. The zero-order valence-corrected chi connectivity index (χ0v) is 11.4. The second-order valence-electron chi connectivity index (χ2n) is 4.30. The van der Waals surface area contributed by atoms with Gasteiger partial charge in [0.15, 0.2) is 11.5 Å². The Hall–Kier alpha value is -2.49. The minimum Gasteiger partial charge on any atom is -0.493 e. The molecular weight excluding hydrogens is 256 g/mol. The van der Waals surface area contributed by atoms with Crippen LogP contribution < -0.4 is 9.47 Å². The normalized spacial score (nSPS) is 10.1. The molecule has 4 nitrogen and oxygen atoms in total. The fraction of sp³-hybridized carbons (Fsp3) is 0.188. The summed E-state index contributed by atoms with van der Waals surface area (Å²) in [7, 11) is 3.15. The second kappa shape index (κ2) is 6.10. The highest BCUT2D eigenvalue weighted by Gasteiger charge is 2.11. The van der Waals surface area contributed by atoms with Gasteiger partial charge in [-0.1, -0.05) is 30.3 Å². The highest BCUT2D eigenvalue weighted by atomic mass is 16.5. The van der Waals surface area contributed by atoms with E-state index in [4.69, 9.17) is 14.6 Å². The van der Waals surface area contributed by atoms with Crippen molar-refractivity contribution < 1.29 is 19.4 Å². The quantitative estimate of drug-likeness (QED) is 0.909. The molecule has 0 aromatic heterocycles. The number of carboxylic acid groups (broad SMARTS) is 1. The number of rotatable bonds is 5. The van der Waals surface area contributed by atoms with Crippen molar-refractivity contribution in [2.45, 2.75) is 6.42 Å². The lowest BCUT2D eigenvalue weighted by Crippen LogP contribution is -2.01. The lowest BCUT2D eigenvalue weighted by molar-refractivity contribution is -0.136. The fourth-order valence-corrected chi connectivity index (χ4v) is 2.12. The third-order valence-electron chi connectivity index (χ3n) is 3.05. The van der Waals surface area contributed by atoms with Gasteiger partial charge in [-0.05, 0) is 28.8 Å². The molecule has 20 heavy (non-hydrogen) atoms. The zero-order valence-electron chi connectivity index (χ0n) is 11.4. The van der Waals surface area contributed by atoms with Gasteiger partial charge >= 0.3 is 5.97 Å². The molecule has 0 heterocycles. The predicted octanol–water partition coefficient (Wildman–Crippen LogP) is 3.00. The monoisotopic (exact) mass is 272 g/mol. The molecule has 0 aliphatic heterocycles. The molecule has 0 saturated heterocycles. The molecule has 2 aromatic rings. The van der Waals surface area contributed by atoms with E-state index in [2.05, 4.69) is 0 Å². The van der Waals surface area contributed by atoms with E-state index < -0.39 is 5.97 Å². The van der Waals surface area contributed by atoms with Crippen molar-refractivity contribution in [3.8, 4) is 22.6 Å². The number of methoxy groups -OCH3 is 2. The third-order valence-corrected chi connectivity index (χ3v) is 3.05. The van der Waals surface area contributed by atoms with Crippen LogP contribution in [0.1, 0.15) is 5.56 Å². The lowest BCUT2D eigenvalue weighted by atomic mass is 9.97. The van der Waals surface area contributed by atoms with E-state index in [1.54, 1.807) is 14.2 Å². The summed E-state index contributed by atoms with van der Waals surface area (Å²) in [5.74, 6) is 0.417. The molecule has 0 amide bonds. The molecule has 0 aliphatic rings. The number of hydrogen-bond donors (Lipinski definition) is 1. The molecule has 4 heteroatoms. The average Bonchev–Trinajstić information content (AvgIpc) is 2.46. The highest BCUT2D eigenvalue weighted by molar-refractivity contribution is 5.77. The molecule has 0 radical (unpaired) electrons. The van der Waals surface area contributed by atoms with Crippen molar-refractivity contribution in [2.75, 3.05) is 14.2 Å². The van der Waals surface area contributed by atoms with E-state index in [1.807, 2.05) is 42.5 Å². The van der Waals surface area contributed by atoms with Gasteiger partial charge in [0, 0.05) is 0 Å². The first-order valence-electron chi connectivity index (χ1n) is 6.17. The zero-order chi connectivity index (χ0) is 14.5. The summed E-state index contributed by atoms with van der Waals surface area (Å²) in [4.78, 5) is 10.9. The van der Waals surface area contributed by atoms with E-state index in [9.17, 15) is 4.79 Å². The van der Waals surface area contributed by atoms with Gasteiger partial charge in [0.1, 0.15) is 0 Å². The van der Waals surface area contributed by atoms with Crippen LogP contribution in [0.4, 0.5) is 0 Å². The maximum atomic E-state index is 10.9. The van der Waals surface area contributed by atoms with Gasteiger partial charge in [-0.3, -0.25) is 4.79 Å². The van der Waals surface area contributed by atoms with Gasteiger partial charge < -0.3 is 14.6 Å². The summed E-state index contributed by atoms with van der Waals surface area (Å²) in [6.07, 6.45) is -0.00941. The standard InChI is InChI=1S/C16H16O4/c1-19-14-8-7-12(9-15(14)20-2)13-6-4-3-5-11(13)10-16(17)18/h3-9H,10H2,1-2H3,(H,17,18). The summed E-state index contributed by atoms with van der Waals surface area (Å²) < 4.78 is 10.5. The topological polar surface area (TPSA) is 55.8 Å². The van der Waals surface area contributed by atoms with Crippen LogP contribution in [0.5, 0.6) is 11.5 Å². The van der Waals surface area contributed by atoms with Gasteiger partial charge in [0.25, 0.3) is 0 Å². The number of aliphatic carboxylic acids is 1. The number of hydrogen-bond acceptors (Lipinski definition) is 3. The molecule has 104 valence electrons. The molecule has 1 N–H and O–H groups in total. The maximum Gasteiger partial charge on any atom is 0.307 e. The van der Waals surface area contributed by atoms with Gasteiger partial charge in [-0.15, -0.1) is 0 Å². The van der Waals surface area contributed by atoms with E-state index in [1.165, 1.54) is 0 Å². The first kappa shape index (κ1) is 13.9. The van der Waals surface area contributed by atoms with Crippen molar-refractivity contribution >= 4 is 5.97 Å².